The van der Waals surface area contributed by atoms with Crippen LogP contribution in [-0.2, 0) is 22.3 Å². The van der Waals surface area contributed by atoms with Crippen LogP contribution >= 0.6 is 0 Å². The SMILES string of the molecule is CC1CN(c2cc(C(=O)Nc3cccnc3F)c3c(n2)CCOCC3)CC(C)O1. The fourth-order valence-corrected chi connectivity index (χ4v) is 3.94. The minimum atomic E-state index is -0.708. The Kier molecular flexibility index (Phi) is 5.73. The van der Waals surface area contributed by atoms with Gasteiger partial charge in [-0.05, 0) is 44.0 Å². The topological polar surface area (TPSA) is 76.6 Å². The van der Waals surface area contributed by atoms with E-state index in [1.54, 1.807) is 12.1 Å². The molecule has 8 heteroatoms. The monoisotopic (exact) mass is 400 g/mol. The fraction of sp³-hybridized carbons (Fsp3) is 0.476. The second-order valence-electron chi connectivity index (χ2n) is 7.52. The molecular weight excluding hydrogens is 375 g/mol. The highest BCUT2D eigenvalue weighted by Gasteiger charge is 2.27. The van der Waals surface area contributed by atoms with Crippen LogP contribution in [0.4, 0.5) is 15.9 Å². The Bertz CT molecular complexity index is 897. The van der Waals surface area contributed by atoms with Gasteiger partial charge in [-0.1, -0.05) is 0 Å². The zero-order valence-corrected chi connectivity index (χ0v) is 16.7. The van der Waals surface area contributed by atoms with Crippen molar-refractivity contribution in [1.29, 1.82) is 0 Å². The summed E-state index contributed by atoms with van der Waals surface area (Å²) in [4.78, 5) is 23.7. The molecule has 2 aromatic rings. The van der Waals surface area contributed by atoms with Gasteiger partial charge in [0.2, 0.25) is 5.95 Å². The molecule has 0 spiro atoms. The number of nitrogens with zero attached hydrogens (tertiary/aromatic N) is 3. The first kappa shape index (κ1) is 19.7. The van der Waals surface area contributed by atoms with Gasteiger partial charge in [-0.25, -0.2) is 9.97 Å². The number of hydrogen-bond donors (Lipinski definition) is 1. The molecule has 0 aliphatic carbocycles. The van der Waals surface area contributed by atoms with Crippen LogP contribution in [0.1, 0.15) is 35.5 Å². The Morgan fingerprint density at radius 3 is 2.76 bits per heavy atom. The number of morpholine rings is 1. The van der Waals surface area contributed by atoms with E-state index in [-0.39, 0.29) is 23.8 Å². The van der Waals surface area contributed by atoms with Crippen molar-refractivity contribution < 1.29 is 18.7 Å². The van der Waals surface area contributed by atoms with Gasteiger partial charge in [0.1, 0.15) is 5.82 Å². The number of hydrogen-bond acceptors (Lipinski definition) is 6. The Labute approximate surface area is 169 Å². The third kappa shape index (κ3) is 4.38. The molecule has 4 rings (SSSR count). The van der Waals surface area contributed by atoms with Crippen LogP contribution in [0.2, 0.25) is 0 Å². The van der Waals surface area contributed by atoms with Gasteiger partial charge in [0.05, 0.1) is 31.1 Å². The number of aromatic nitrogens is 2. The van der Waals surface area contributed by atoms with Gasteiger partial charge in [-0.15, -0.1) is 0 Å². The van der Waals surface area contributed by atoms with Gasteiger partial charge in [-0.2, -0.15) is 4.39 Å². The van der Waals surface area contributed by atoms with E-state index in [1.807, 2.05) is 13.8 Å². The molecule has 1 amide bonds. The smallest absolute Gasteiger partial charge is 0.256 e. The number of anilines is 2. The maximum Gasteiger partial charge on any atom is 0.256 e. The number of carbonyl (C=O) groups excluding carboxylic acids is 1. The molecular formula is C21H25FN4O3. The van der Waals surface area contributed by atoms with Crippen LogP contribution < -0.4 is 10.2 Å². The summed E-state index contributed by atoms with van der Waals surface area (Å²) in [5, 5.41) is 2.66. The lowest BCUT2D eigenvalue weighted by molar-refractivity contribution is -0.00547. The van der Waals surface area contributed by atoms with Crippen molar-refractivity contribution in [2.75, 3.05) is 36.5 Å². The minimum Gasteiger partial charge on any atom is -0.381 e. The summed E-state index contributed by atoms with van der Waals surface area (Å²) in [5.74, 6) is -0.335. The van der Waals surface area contributed by atoms with Crippen molar-refractivity contribution in [2.24, 2.45) is 0 Å². The summed E-state index contributed by atoms with van der Waals surface area (Å²) >= 11 is 0. The number of carbonyl (C=O) groups is 1. The van der Waals surface area contributed by atoms with Gasteiger partial charge in [0.15, 0.2) is 0 Å². The largest absolute Gasteiger partial charge is 0.381 e. The summed E-state index contributed by atoms with van der Waals surface area (Å²) in [6.07, 6.45) is 2.73. The zero-order valence-electron chi connectivity index (χ0n) is 16.7. The van der Waals surface area contributed by atoms with E-state index < -0.39 is 5.95 Å². The maximum absolute atomic E-state index is 13.9. The predicted molar refractivity (Wildman–Crippen MR) is 107 cm³/mol. The summed E-state index contributed by atoms with van der Waals surface area (Å²) in [7, 11) is 0. The molecule has 4 heterocycles. The summed E-state index contributed by atoms with van der Waals surface area (Å²) < 4.78 is 25.4. The molecule has 0 radical (unpaired) electrons. The van der Waals surface area contributed by atoms with Crippen LogP contribution in [0, 0.1) is 5.95 Å². The molecule has 0 aromatic carbocycles. The molecule has 154 valence electrons. The van der Waals surface area contributed by atoms with E-state index in [2.05, 4.69) is 15.2 Å². The molecule has 0 saturated carbocycles. The van der Waals surface area contributed by atoms with Crippen molar-refractivity contribution in [2.45, 2.75) is 38.9 Å². The molecule has 1 fully saturated rings. The number of ether oxygens (including phenoxy) is 2. The standard InChI is InChI=1S/C21H25FN4O3/c1-13-11-26(12-14(2)29-13)19-10-16(15-5-8-28-9-6-17(15)24-19)21(27)25-18-4-3-7-23-20(18)22/h3-4,7,10,13-14H,5-6,8-9,11-12H2,1-2H3,(H,25,27). The summed E-state index contributed by atoms with van der Waals surface area (Å²) in [6.45, 7) is 6.55. The number of amides is 1. The fourth-order valence-electron chi connectivity index (χ4n) is 3.94. The molecule has 2 aliphatic heterocycles. The average Bonchev–Trinajstić information content (AvgIpc) is 2.93. The molecule has 1 N–H and O–H groups in total. The zero-order chi connectivity index (χ0) is 20.4. The first-order valence-electron chi connectivity index (χ1n) is 9.94. The van der Waals surface area contributed by atoms with E-state index in [4.69, 9.17) is 14.5 Å². The number of fused-ring (bicyclic) bond motifs is 1. The molecule has 2 atom stereocenters. The minimum absolute atomic E-state index is 0.0584. The quantitative estimate of drug-likeness (QED) is 0.799. The van der Waals surface area contributed by atoms with Crippen LogP contribution in [-0.4, -0.2) is 54.4 Å². The van der Waals surface area contributed by atoms with Crippen LogP contribution in [0.3, 0.4) is 0 Å². The lowest BCUT2D eigenvalue weighted by Gasteiger charge is -2.36. The predicted octanol–water partition coefficient (Wildman–Crippen LogP) is 2.60. The molecule has 0 bridgehead atoms. The van der Waals surface area contributed by atoms with E-state index in [9.17, 15) is 9.18 Å². The highest BCUT2D eigenvalue weighted by molar-refractivity contribution is 6.06. The van der Waals surface area contributed by atoms with Gasteiger partial charge in [0.25, 0.3) is 5.91 Å². The Balaban J connectivity index is 1.71. The second kappa shape index (κ2) is 8.42. The van der Waals surface area contributed by atoms with Crippen LogP contribution in [0.15, 0.2) is 24.4 Å². The Morgan fingerprint density at radius 2 is 2.00 bits per heavy atom. The highest BCUT2D eigenvalue weighted by Crippen LogP contribution is 2.26. The van der Waals surface area contributed by atoms with Crippen molar-refractivity contribution in [1.82, 2.24) is 9.97 Å². The number of rotatable bonds is 3. The van der Waals surface area contributed by atoms with Crippen molar-refractivity contribution >= 4 is 17.4 Å². The normalized spacial score (nSPS) is 22.0. The van der Waals surface area contributed by atoms with Gasteiger partial charge >= 0.3 is 0 Å². The van der Waals surface area contributed by atoms with Crippen molar-refractivity contribution in [3.63, 3.8) is 0 Å². The molecule has 1 saturated heterocycles. The number of pyridine rings is 2. The van der Waals surface area contributed by atoms with Crippen molar-refractivity contribution in [3.05, 3.63) is 47.2 Å². The van der Waals surface area contributed by atoms with E-state index in [1.165, 1.54) is 12.3 Å². The first-order chi connectivity index (χ1) is 14.0. The number of halogens is 1. The van der Waals surface area contributed by atoms with E-state index in [0.29, 0.717) is 44.7 Å². The molecule has 2 aromatic heterocycles. The third-order valence-corrected chi connectivity index (χ3v) is 5.17. The summed E-state index contributed by atoms with van der Waals surface area (Å²) in [5.41, 5.74) is 2.29. The molecule has 2 aliphatic rings. The van der Waals surface area contributed by atoms with Crippen LogP contribution in [0.25, 0.3) is 0 Å². The lowest BCUT2D eigenvalue weighted by Crippen LogP contribution is -2.46. The number of nitrogens with one attached hydrogen (secondary N) is 1. The highest BCUT2D eigenvalue weighted by atomic mass is 19.1. The Hall–Kier alpha value is -2.58. The van der Waals surface area contributed by atoms with Crippen LogP contribution in [0.5, 0.6) is 0 Å². The average molecular weight is 400 g/mol. The van der Waals surface area contributed by atoms with E-state index in [0.717, 1.165) is 17.1 Å². The van der Waals surface area contributed by atoms with Gasteiger partial charge in [0, 0.05) is 37.0 Å². The summed E-state index contributed by atoms with van der Waals surface area (Å²) in [6, 6.07) is 4.88. The third-order valence-electron chi connectivity index (χ3n) is 5.17. The lowest BCUT2D eigenvalue weighted by atomic mass is 10.0. The second-order valence-corrected chi connectivity index (χ2v) is 7.52. The molecule has 7 nitrogen and oxygen atoms in total. The Morgan fingerprint density at radius 1 is 1.24 bits per heavy atom. The first-order valence-corrected chi connectivity index (χ1v) is 9.94. The van der Waals surface area contributed by atoms with E-state index >= 15 is 0 Å². The maximum atomic E-state index is 13.9. The van der Waals surface area contributed by atoms with Crippen molar-refractivity contribution in [3.8, 4) is 0 Å². The van der Waals surface area contributed by atoms with Gasteiger partial charge in [-0.3, -0.25) is 4.79 Å². The van der Waals surface area contributed by atoms with Gasteiger partial charge < -0.3 is 19.7 Å². The molecule has 29 heavy (non-hydrogen) atoms. The molecule has 2 unspecified atom stereocenters.